The van der Waals surface area contributed by atoms with E-state index in [0.29, 0.717) is 0 Å². The fourth-order valence-electron chi connectivity index (χ4n) is 13.1. The third kappa shape index (κ3) is 10.7. The summed E-state index contributed by atoms with van der Waals surface area (Å²) in [6, 6.07) is 86.7. The van der Waals surface area contributed by atoms with Gasteiger partial charge in [0.25, 0.3) is 0 Å². The Hall–Kier alpha value is -8.08. The number of hydrogen-bond donors (Lipinski definition) is 0. The molecule has 10 aromatic carbocycles. The molecule has 0 unspecified atom stereocenters. The Morgan fingerprint density at radius 2 is 0.782 bits per heavy atom. The van der Waals surface area contributed by atoms with E-state index in [1.807, 2.05) is 0 Å². The second kappa shape index (κ2) is 21.4. The van der Waals surface area contributed by atoms with Crippen LogP contribution in [0.4, 0.5) is 51.2 Å². The molecule has 0 saturated heterocycles. The SMILES string of the molecule is CC(C)(C)c1ccc(N(c2ccc(C(C)(C)C)cc2)c2ccc3c(c2)N(c2ccc(C(C)(C)C)cc2)c2cc(-c4ccccc4)cc4c2B3c2[se]c3ccc(-c5ccc(C(C)(C)C)cc5-c5ccccc5)cc3c2N4c2ccc(C(C)(C)C)cc2)cc1. The number of rotatable bonds is 8. The quantitative estimate of drug-likeness (QED) is 0.140. The van der Waals surface area contributed by atoms with Crippen LogP contribution in [0.25, 0.3) is 43.0 Å². The van der Waals surface area contributed by atoms with Crippen LogP contribution in [0.5, 0.6) is 0 Å². The van der Waals surface area contributed by atoms with Gasteiger partial charge in [0, 0.05) is 0 Å². The second-order valence-electron chi connectivity index (χ2n) is 29.6. The van der Waals surface area contributed by atoms with Gasteiger partial charge in [0.1, 0.15) is 0 Å². The molecule has 0 aliphatic carbocycles. The molecule has 0 saturated carbocycles. The predicted molar refractivity (Wildman–Crippen MR) is 379 cm³/mol. The fraction of sp³-hybridized carbons (Fsp3) is 0.244. The molecule has 11 aromatic rings. The van der Waals surface area contributed by atoms with E-state index < -0.39 is 0 Å². The van der Waals surface area contributed by atoms with Crippen molar-refractivity contribution in [3.63, 3.8) is 0 Å². The normalized spacial score (nSPS) is 13.4. The van der Waals surface area contributed by atoms with Gasteiger partial charge in [-0.25, -0.2) is 0 Å². The van der Waals surface area contributed by atoms with E-state index in [9.17, 15) is 0 Å². The van der Waals surface area contributed by atoms with Crippen LogP contribution in [-0.4, -0.2) is 21.2 Å². The van der Waals surface area contributed by atoms with Crippen molar-refractivity contribution in [1.29, 1.82) is 0 Å². The molecule has 2 aliphatic heterocycles. The minimum atomic E-state index is -0.0264. The Morgan fingerprint density at radius 1 is 0.333 bits per heavy atom. The molecule has 3 heterocycles. The van der Waals surface area contributed by atoms with E-state index in [1.165, 1.54) is 115 Å². The van der Waals surface area contributed by atoms with Gasteiger partial charge in [0.15, 0.2) is 0 Å². The number of anilines is 9. The number of nitrogens with zero attached hydrogens (tertiary/aromatic N) is 3. The van der Waals surface area contributed by atoms with Crippen molar-refractivity contribution in [3.8, 4) is 33.4 Å². The summed E-state index contributed by atoms with van der Waals surface area (Å²) in [6.07, 6.45) is 0. The third-order valence-electron chi connectivity index (χ3n) is 18.3. The summed E-state index contributed by atoms with van der Waals surface area (Å²) < 4.78 is 2.91. The number of fused-ring (bicyclic) bond motifs is 6. The molecule has 1 aromatic heterocycles. The zero-order valence-electron chi connectivity index (χ0n) is 53.7. The Labute approximate surface area is 525 Å². The summed E-state index contributed by atoms with van der Waals surface area (Å²) in [5.74, 6) is 0. The van der Waals surface area contributed by atoms with Crippen LogP contribution in [0.1, 0.15) is 132 Å². The van der Waals surface area contributed by atoms with Crippen molar-refractivity contribution in [3.05, 3.63) is 252 Å². The second-order valence-corrected chi connectivity index (χ2v) is 31.8. The van der Waals surface area contributed by atoms with Crippen molar-refractivity contribution in [2.75, 3.05) is 14.7 Å². The van der Waals surface area contributed by atoms with E-state index in [1.54, 1.807) is 0 Å². The van der Waals surface area contributed by atoms with Crippen LogP contribution in [0.3, 0.4) is 0 Å². The molecule has 0 spiro atoms. The maximum absolute atomic E-state index is 2.67. The first-order chi connectivity index (χ1) is 41.3. The first-order valence-corrected chi connectivity index (χ1v) is 33.0. The summed E-state index contributed by atoms with van der Waals surface area (Å²) >= 11 is -0.0228. The molecule has 3 nitrogen and oxygen atoms in total. The third-order valence-corrected chi connectivity index (χ3v) is 20.8. The Bertz CT molecular complexity index is 4310. The van der Waals surface area contributed by atoms with Crippen molar-refractivity contribution in [2.45, 2.75) is 131 Å². The van der Waals surface area contributed by atoms with Gasteiger partial charge in [0.05, 0.1) is 0 Å². The summed E-state index contributed by atoms with van der Waals surface area (Å²) in [4.78, 5) is 7.76. The molecular weight excluding hydrogens is 1120 g/mol. The van der Waals surface area contributed by atoms with Crippen LogP contribution < -0.4 is 30.0 Å². The topological polar surface area (TPSA) is 9.72 Å². The first-order valence-electron chi connectivity index (χ1n) is 31.3. The van der Waals surface area contributed by atoms with Crippen LogP contribution in [-0.2, 0) is 27.1 Å². The molecule has 2 aliphatic rings. The number of hydrogen-bond acceptors (Lipinski definition) is 3. The molecule has 0 atom stereocenters. The van der Waals surface area contributed by atoms with Crippen LogP contribution in [0.15, 0.2) is 224 Å². The van der Waals surface area contributed by atoms with Gasteiger partial charge in [-0.1, -0.05) is 41.5 Å². The van der Waals surface area contributed by atoms with Gasteiger partial charge in [-0.2, -0.15) is 0 Å². The summed E-state index contributed by atoms with van der Waals surface area (Å²) in [7, 11) is 0. The molecule has 13 rings (SSSR count). The Balaban J connectivity index is 1.11. The standard InChI is InChI=1S/C82H82BN3Se/c1-78(2,3)57-27-36-62(37-28-57)84(63-38-29-58(30-39-63)79(4,5)6)66-44-46-70-71(52-66)85(64-40-31-59(32-41-64)80(7,8)9)72-49-56(53-22-18-16-19-23-53)50-73-75(72)83(70)77-76(86(73)65-42-33-60(34-43-65)81(10,11)12)69-48-55(26-47-74(69)87-77)67-45-35-61(82(13,14)15)51-68(67)54-24-20-17-21-25-54/h16-52H,1-15H3. The van der Waals surface area contributed by atoms with Gasteiger partial charge >= 0.3 is 487 Å². The van der Waals surface area contributed by atoms with Crippen LogP contribution >= 0.6 is 0 Å². The molecule has 87 heavy (non-hydrogen) atoms. The number of benzene rings is 10. The summed E-state index contributed by atoms with van der Waals surface area (Å²) in [6.45, 7) is 34.6. The minimum absolute atomic E-state index is 0.00555. The van der Waals surface area contributed by atoms with Gasteiger partial charge in [0.2, 0.25) is 0 Å². The summed E-state index contributed by atoms with van der Waals surface area (Å²) in [5, 5.41) is 1.32. The molecule has 0 bridgehead atoms. The van der Waals surface area contributed by atoms with E-state index in [-0.39, 0.29) is 48.3 Å². The maximum atomic E-state index is 2.67. The predicted octanol–water partition coefficient (Wildman–Crippen LogP) is 20.9. The Morgan fingerprint density at radius 3 is 1.29 bits per heavy atom. The molecule has 0 fully saturated rings. The monoisotopic (exact) mass is 1200 g/mol. The van der Waals surface area contributed by atoms with Crippen molar-refractivity contribution >= 4 is 97.3 Å². The van der Waals surface area contributed by atoms with Gasteiger partial charge < -0.3 is 0 Å². The molecule has 0 N–H and O–H groups in total. The summed E-state index contributed by atoms with van der Waals surface area (Å²) in [5.41, 5.74) is 27.2. The van der Waals surface area contributed by atoms with E-state index >= 15 is 0 Å². The van der Waals surface area contributed by atoms with Crippen LogP contribution in [0.2, 0.25) is 0 Å². The average molecular weight is 1200 g/mol. The first kappa shape index (κ1) is 58.0. The zero-order chi connectivity index (χ0) is 61.1. The Kier molecular flexibility index (Phi) is 14.2. The molecule has 0 radical (unpaired) electrons. The van der Waals surface area contributed by atoms with Gasteiger partial charge in [-0.15, -0.1) is 0 Å². The van der Waals surface area contributed by atoms with Crippen molar-refractivity contribution in [2.24, 2.45) is 0 Å². The van der Waals surface area contributed by atoms with Crippen molar-refractivity contribution < 1.29 is 0 Å². The fourth-order valence-corrected chi connectivity index (χ4v) is 15.9. The molecule has 434 valence electrons. The van der Waals surface area contributed by atoms with E-state index in [2.05, 4.69) is 343 Å². The zero-order valence-corrected chi connectivity index (χ0v) is 55.4. The van der Waals surface area contributed by atoms with E-state index in [0.717, 1.165) is 22.7 Å². The molecule has 0 amide bonds. The average Bonchev–Trinajstić information content (AvgIpc) is 1.69. The van der Waals surface area contributed by atoms with E-state index in [4.69, 9.17) is 0 Å². The van der Waals surface area contributed by atoms with Crippen LogP contribution in [0, 0.1) is 0 Å². The van der Waals surface area contributed by atoms with Crippen molar-refractivity contribution in [1.82, 2.24) is 0 Å². The molecular formula is C82H82BN3Se. The van der Waals surface area contributed by atoms with Gasteiger partial charge in [-0.3, -0.25) is 0 Å². The van der Waals surface area contributed by atoms with Gasteiger partial charge in [-0.05, 0) is 0 Å². The molecule has 5 heteroatoms.